The van der Waals surface area contributed by atoms with Crippen molar-refractivity contribution in [1.29, 1.82) is 0 Å². The monoisotopic (exact) mass is 348 g/mol. The average molecular weight is 348 g/mol. The third-order valence-electron chi connectivity index (χ3n) is 4.34. The van der Waals surface area contributed by atoms with Crippen LogP contribution in [0, 0.1) is 12.7 Å². The predicted molar refractivity (Wildman–Crippen MR) is 98.3 cm³/mol. The van der Waals surface area contributed by atoms with Gasteiger partial charge in [-0.3, -0.25) is 4.79 Å². The molecule has 130 valence electrons. The maximum absolute atomic E-state index is 13.8. The van der Waals surface area contributed by atoms with Crippen LogP contribution in [0.25, 0.3) is 0 Å². The molecule has 0 fully saturated rings. The van der Waals surface area contributed by atoms with Crippen LogP contribution in [0.5, 0.6) is 0 Å². The molecule has 0 aliphatic carbocycles. The number of hydrogen-bond donors (Lipinski definition) is 1. The van der Waals surface area contributed by atoms with Crippen molar-refractivity contribution in [2.24, 2.45) is 0 Å². The fraction of sp³-hybridized carbons (Fsp3) is 0.150. The van der Waals surface area contributed by atoms with Gasteiger partial charge in [0.25, 0.3) is 5.91 Å². The number of fused-ring (bicyclic) bond motifs is 1. The van der Waals surface area contributed by atoms with E-state index >= 15 is 0 Å². The molecule has 3 aromatic rings. The lowest BCUT2D eigenvalue weighted by atomic mass is 10.2. The first-order chi connectivity index (χ1) is 12.6. The molecule has 1 N–H and O–H groups in total. The van der Waals surface area contributed by atoms with E-state index in [4.69, 9.17) is 0 Å². The van der Waals surface area contributed by atoms with Crippen molar-refractivity contribution in [2.75, 3.05) is 16.8 Å². The molecule has 1 amide bonds. The Bertz CT molecular complexity index is 989. The fourth-order valence-electron chi connectivity index (χ4n) is 3.13. The zero-order valence-corrected chi connectivity index (χ0v) is 14.2. The van der Waals surface area contributed by atoms with E-state index in [1.54, 1.807) is 25.1 Å². The van der Waals surface area contributed by atoms with Crippen LogP contribution in [0.1, 0.15) is 21.9 Å². The van der Waals surface area contributed by atoms with Crippen molar-refractivity contribution in [2.45, 2.75) is 13.3 Å². The third-order valence-corrected chi connectivity index (χ3v) is 4.34. The van der Waals surface area contributed by atoms with Crippen LogP contribution in [0.3, 0.4) is 0 Å². The van der Waals surface area contributed by atoms with Gasteiger partial charge in [-0.05, 0) is 37.1 Å². The van der Waals surface area contributed by atoms with Gasteiger partial charge >= 0.3 is 0 Å². The minimum Gasteiger partial charge on any atom is -0.326 e. The van der Waals surface area contributed by atoms with Crippen molar-refractivity contribution < 1.29 is 9.18 Å². The summed E-state index contributed by atoms with van der Waals surface area (Å²) in [6, 6.07) is 15.8. The Morgan fingerprint density at radius 3 is 2.73 bits per heavy atom. The quantitative estimate of drug-likeness (QED) is 0.781. The number of halogens is 1. The summed E-state index contributed by atoms with van der Waals surface area (Å²) in [4.78, 5) is 23.3. The standard InChI is InChI=1S/C20H17FN4O/c1-13-22-17(20(26)24-16-8-4-3-7-15(16)21)12-19(23-13)25-11-10-14-6-2-5-9-18(14)25/h2-9,12H,10-11H2,1H3,(H,24,26). The van der Waals surface area contributed by atoms with Crippen LogP contribution in [0.4, 0.5) is 21.6 Å². The van der Waals surface area contributed by atoms with Crippen LogP contribution >= 0.6 is 0 Å². The fourth-order valence-corrected chi connectivity index (χ4v) is 3.13. The number of aryl methyl sites for hydroxylation is 1. The van der Waals surface area contributed by atoms with Gasteiger partial charge in [0.05, 0.1) is 5.69 Å². The van der Waals surface area contributed by atoms with E-state index in [2.05, 4.69) is 26.3 Å². The molecule has 1 aliphatic rings. The molecule has 2 aromatic carbocycles. The van der Waals surface area contributed by atoms with Crippen molar-refractivity contribution in [1.82, 2.24) is 9.97 Å². The Morgan fingerprint density at radius 1 is 1.12 bits per heavy atom. The number of amides is 1. The number of benzene rings is 2. The number of aromatic nitrogens is 2. The zero-order chi connectivity index (χ0) is 18.1. The summed E-state index contributed by atoms with van der Waals surface area (Å²) in [5, 5.41) is 2.57. The number of carbonyl (C=O) groups is 1. The molecule has 0 saturated heterocycles. The molecule has 1 aliphatic heterocycles. The molecule has 6 heteroatoms. The number of carbonyl (C=O) groups excluding carboxylic acids is 1. The second-order valence-electron chi connectivity index (χ2n) is 6.12. The largest absolute Gasteiger partial charge is 0.326 e. The summed E-state index contributed by atoms with van der Waals surface area (Å²) in [6.07, 6.45) is 0.927. The summed E-state index contributed by atoms with van der Waals surface area (Å²) < 4.78 is 13.8. The van der Waals surface area contributed by atoms with E-state index in [0.29, 0.717) is 11.6 Å². The average Bonchev–Trinajstić information content (AvgIpc) is 3.07. The molecule has 0 radical (unpaired) electrons. The Kier molecular flexibility index (Phi) is 4.08. The molecular formula is C20H17FN4O. The molecule has 0 unspecified atom stereocenters. The van der Waals surface area contributed by atoms with Gasteiger partial charge in [-0.25, -0.2) is 14.4 Å². The van der Waals surface area contributed by atoms with Crippen molar-refractivity contribution in [3.63, 3.8) is 0 Å². The third kappa shape index (κ3) is 3.01. The molecule has 4 rings (SSSR count). The highest BCUT2D eigenvalue weighted by Gasteiger charge is 2.22. The first-order valence-corrected chi connectivity index (χ1v) is 8.39. The minimum absolute atomic E-state index is 0.127. The number of para-hydroxylation sites is 2. The normalized spacial score (nSPS) is 12.8. The van der Waals surface area contributed by atoms with Gasteiger partial charge in [-0.1, -0.05) is 30.3 Å². The predicted octanol–water partition coefficient (Wildman–Crippen LogP) is 3.87. The molecule has 2 heterocycles. The second kappa shape index (κ2) is 6.55. The van der Waals surface area contributed by atoms with Crippen LogP contribution in [-0.4, -0.2) is 22.4 Å². The lowest BCUT2D eigenvalue weighted by Crippen LogP contribution is -2.20. The van der Waals surface area contributed by atoms with E-state index in [0.717, 1.165) is 18.7 Å². The summed E-state index contributed by atoms with van der Waals surface area (Å²) in [7, 11) is 0. The number of nitrogens with zero attached hydrogens (tertiary/aromatic N) is 3. The summed E-state index contributed by atoms with van der Waals surface area (Å²) in [5.74, 6) is 0.210. The number of nitrogens with one attached hydrogen (secondary N) is 1. The number of rotatable bonds is 3. The SMILES string of the molecule is Cc1nc(C(=O)Nc2ccccc2F)cc(N2CCc3ccccc32)n1. The van der Waals surface area contributed by atoms with Gasteiger partial charge in [0.2, 0.25) is 0 Å². The Morgan fingerprint density at radius 2 is 1.88 bits per heavy atom. The molecule has 26 heavy (non-hydrogen) atoms. The van der Waals surface area contributed by atoms with Crippen molar-refractivity contribution in [3.05, 3.63) is 77.5 Å². The highest BCUT2D eigenvalue weighted by atomic mass is 19.1. The second-order valence-corrected chi connectivity index (χ2v) is 6.12. The lowest BCUT2D eigenvalue weighted by molar-refractivity contribution is 0.102. The Balaban J connectivity index is 1.65. The van der Waals surface area contributed by atoms with Crippen LogP contribution in [0.2, 0.25) is 0 Å². The van der Waals surface area contributed by atoms with Crippen LogP contribution in [0.15, 0.2) is 54.6 Å². The van der Waals surface area contributed by atoms with Gasteiger partial charge in [-0.2, -0.15) is 0 Å². The highest BCUT2D eigenvalue weighted by molar-refractivity contribution is 6.03. The zero-order valence-electron chi connectivity index (χ0n) is 14.2. The molecule has 0 spiro atoms. The molecule has 5 nitrogen and oxygen atoms in total. The van der Waals surface area contributed by atoms with E-state index in [1.165, 1.54) is 17.7 Å². The Labute approximate surface area is 150 Å². The first kappa shape index (κ1) is 16.2. The van der Waals surface area contributed by atoms with E-state index in [-0.39, 0.29) is 11.4 Å². The molecule has 0 saturated carbocycles. The number of anilines is 3. The minimum atomic E-state index is -0.486. The van der Waals surface area contributed by atoms with Gasteiger partial charge in [-0.15, -0.1) is 0 Å². The summed E-state index contributed by atoms with van der Waals surface area (Å²) >= 11 is 0. The topological polar surface area (TPSA) is 58.1 Å². The molecule has 0 atom stereocenters. The Hall–Kier alpha value is -3.28. The van der Waals surface area contributed by atoms with Crippen molar-refractivity contribution in [3.8, 4) is 0 Å². The maximum atomic E-state index is 13.8. The van der Waals surface area contributed by atoms with Gasteiger partial charge in [0, 0.05) is 18.3 Å². The maximum Gasteiger partial charge on any atom is 0.274 e. The highest BCUT2D eigenvalue weighted by Crippen LogP contribution is 2.33. The smallest absolute Gasteiger partial charge is 0.274 e. The molecular weight excluding hydrogens is 331 g/mol. The van der Waals surface area contributed by atoms with Gasteiger partial charge < -0.3 is 10.2 Å². The van der Waals surface area contributed by atoms with Gasteiger partial charge in [0.1, 0.15) is 23.2 Å². The lowest BCUT2D eigenvalue weighted by Gasteiger charge is -2.19. The van der Waals surface area contributed by atoms with Crippen LogP contribution < -0.4 is 10.2 Å². The summed E-state index contributed by atoms with van der Waals surface area (Å²) in [6.45, 7) is 2.54. The molecule has 0 bridgehead atoms. The number of hydrogen-bond acceptors (Lipinski definition) is 4. The van der Waals surface area contributed by atoms with Crippen molar-refractivity contribution >= 4 is 23.1 Å². The van der Waals surface area contributed by atoms with Crippen LogP contribution in [-0.2, 0) is 6.42 Å². The van der Waals surface area contributed by atoms with E-state index in [9.17, 15) is 9.18 Å². The van der Waals surface area contributed by atoms with Gasteiger partial charge in [0.15, 0.2) is 0 Å². The first-order valence-electron chi connectivity index (χ1n) is 8.39. The molecule has 1 aromatic heterocycles. The van der Waals surface area contributed by atoms with E-state index < -0.39 is 11.7 Å². The van der Waals surface area contributed by atoms with E-state index in [1.807, 2.05) is 18.2 Å². The summed E-state index contributed by atoms with van der Waals surface area (Å²) in [5.41, 5.74) is 2.68.